The first-order chi connectivity index (χ1) is 14.1. The first-order valence-electron chi connectivity index (χ1n) is 9.75. The van der Waals surface area contributed by atoms with Gasteiger partial charge in [0, 0.05) is 36.4 Å². The van der Waals surface area contributed by atoms with E-state index in [2.05, 4.69) is 23.0 Å². The SMILES string of the molecule is CCc1cc2c(SC(C)C(=O)N3CCN(c4ccccc4F)CC3)ncnc2s1. The Balaban J connectivity index is 1.40. The van der Waals surface area contributed by atoms with Gasteiger partial charge in [-0.3, -0.25) is 4.79 Å². The number of nitrogens with zero attached hydrogens (tertiary/aromatic N) is 4. The third kappa shape index (κ3) is 4.23. The Labute approximate surface area is 177 Å². The number of aryl methyl sites for hydroxylation is 1. The number of hydrogen-bond donors (Lipinski definition) is 0. The lowest BCUT2D eigenvalue weighted by Gasteiger charge is -2.37. The molecule has 152 valence electrons. The first-order valence-corrected chi connectivity index (χ1v) is 11.4. The van der Waals surface area contributed by atoms with Crippen molar-refractivity contribution in [3.05, 3.63) is 47.4 Å². The zero-order chi connectivity index (χ0) is 20.4. The fourth-order valence-electron chi connectivity index (χ4n) is 3.50. The average Bonchev–Trinajstić information content (AvgIpc) is 3.18. The van der Waals surface area contributed by atoms with Crippen molar-refractivity contribution >= 4 is 44.9 Å². The Morgan fingerprint density at radius 2 is 2.00 bits per heavy atom. The van der Waals surface area contributed by atoms with Crippen molar-refractivity contribution in [2.45, 2.75) is 30.5 Å². The number of carbonyl (C=O) groups is 1. The van der Waals surface area contributed by atoms with E-state index in [9.17, 15) is 9.18 Å². The van der Waals surface area contributed by atoms with Gasteiger partial charge in [-0.25, -0.2) is 14.4 Å². The molecule has 1 fully saturated rings. The van der Waals surface area contributed by atoms with E-state index in [0.717, 1.165) is 21.7 Å². The van der Waals surface area contributed by atoms with E-state index in [1.54, 1.807) is 29.8 Å². The minimum absolute atomic E-state index is 0.0980. The lowest BCUT2D eigenvalue weighted by atomic mass is 10.2. The van der Waals surface area contributed by atoms with Crippen LogP contribution in [0.25, 0.3) is 10.2 Å². The molecule has 29 heavy (non-hydrogen) atoms. The molecular formula is C21H23FN4OS2. The Bertz CT molecular complexity index is 1020. The van der Waals surface area contributed by atoms with Crippen LogP contribution in [0, 0.1) is 5.82 Å². The highest BCUT2D eigenvalue weighted by Crippen LogP contribution is 2.33. The number of amides is 1. The van der Waals surface area contributed by atoms with Gasteiger partial charge in [-0.2, -0.15) is 0 Å². The third-order valence-corrected chi connectivity index (χ3v) is 7.40. The largest absolute Gasteiger partial charge is 0.366 e. The molecule has 1 unspecified atom stereocenters. The molecule has 1 aromatic carbocycles. The molecule has 5 nitrogen and oxygen atoms in total. The molecule has 0 bridgehead atoms. The zero-order valence-corrected chi connectivity index (χ0v) is 18.1. The second kappa shape index (κ2) is 8.67. The van der Waals surface area contributed by atoms with Gasteiger partial charge in [0.1, 0.15) is 22.0 Å². The number of piperazine rings is 1. The summed E-state index contributed by atoms with van der Waals surface area (Å²) in [4.78, 5) is 27.9. The van der Waals surface area contributed by atoms with Gasteiger partial charge < -0.3 is 9.80 Å². The molecule has 0 spiro atoms. The summed E-state index contributed by atoms with van der Waals surface area (Å²) in [6, 6.07) is 8.93. The molecule has 1 atom stereocenters. The van der Waals surface area contributed by atoms with Crippen molar-refractivity contribution in [2.24, 2.45) is 0 Å². The normalized spacial score (nSPS) is 15.7. The number of fused-ring (bicyclic) bond motifs is 1. The minimum Gasteiger partial charge on any atom is -0.366 e. The van der Waals surface area contributed by atoms with Crippen LogP contribution in [0.1, 0.15) is 18.7 Å². The molecule has 0 saturated carbocycles. The molecule has 3 aromatic rings. The van der Waals surface area contributed by atoms with Crippen LogP contribution in [0.15, 0.2) is 41.7 Å². The highest BCUT2D eigenvalue weighted by atomic mass is 32.2. The number of para-hydroxylation sites is 1. The second-order valence-corrected chi connectivity index (χ2v) is 9.43. The number of aromatic nitrogens is 2. The molecular weight excluding hydrogens is 407 g/mol. The Morgan fingerprint density at radius 1 is 1.24 bits per heavy atom. The monoisotopic (exact) mass is 430 g/mol. The van der Waals surface area contributed by atoms with Gasteiger partial charge in [0.15, 0.2) is 0 Å². The van der Waals surface area contributed by atoms with Crippen LogP contribution >= 0.6 is 23.1 Å². The van der Waals surface area contributed by atoms with Crippen molar-refractivity contribution in [3.63, 3.8) is 0 Å². The number of benzene rings is 1. The molecule has 3 heterocycles. The molecule has 1 amide bonds. The smallest absolute Gasteiger partial charge is 0.235 e. The van der Waals surface area contributed by atoms with Crippen LogP contribution < -0.4 is 4.90 Å². The predicted octanol–water partition coefficient (Wildman–Crippen LogP) is 4.22. The minimum atomic E-state index is -0.238. The van der Waals surface area contributed by atoms with Crippen LogP contribution in [-0.4, -0.2) is 52.2 Å². The van der Waals surface area contributed by atoms with Gasteiger partial charge in [0.25, 0.3) is 0 Å². The van der Waals surface area contributed by atoms with E-state index in [-0.39, 0.29) is 17.0 Å². The molecule has 1 aliphatic rings. The first kappa shape index (κ1) is 20.1. The topological polar surface area (TPSA) is 49.3 Å². The van der Waals surface area contributed by atoms with Gasteiger partial charge in [-0.1, -0.05) is 30.8 Å². The lowest BCUT2D eigenvalue weighted by Crippen LogP contribution is -2.50. The summed E-state index contributed by atoms with van der Waals surface area (Å²) in [5, 5.41) is 1.65. The van der Waals surface area contributed by atoms with E-state index < -0.39 is 0 Å². The van der Waals surface area contributed by atoms with Crippen LogP contribution in [0.5, 0.6) is 0 Å². The summed E-state index contributed by atoms with van der Waals surface area (Å²) < 4.78 is 14.0. The summed E-state index contributed by atoms with van der Waals surface area (Å²) in [6.07, 6.45) is 2.54. The Kier molecular flexibility index (Phi) is 6.01. The van der Waals surface area contributed by atoms with E-state index in [0.29, 0.717) is 31.9 Å². The maximum absolute atomic E-state index is 14.0. The third-order valence-electron chi connectivity index (χ3n) is 5.11. The number of anilines is 1. The van der Waals surface area contributed by atoms with Crippen molar-refractivity contribution in [1.29, 1.82) is 0 Å². The molecule has 1 aliphatic heterocycles. The molecule has 1 saturated heterocycles. The van der Waals surface area contributed by atoms with Crippen molar-refractivity contribution in [2.75, 3.05) is 31.1 Å². The summed E-state index contributed by atoms with van der Waals surface area (Å²) in [7, 11) is 0. The Hall–Kier alpha value is -2.19. The number of thiophene rings is 1. The number of carbonyl (C=O) groups excluding carboxylic acids is 1. The molecule has 0 radical (unpaired) electrons. The van der Waals surface area contributed by atoms with Gasteiger partial charge in [-0.15, -0.1) is 11.3 Å². The highest BCUT2D eigenvalue weighted by Gasteiger charge is 2.27. The van der Waals surface area contributed by atoms with Gasteiger partial charge in [0.05, 0.1) is 10.9 Å². The van der Waals surface area contributed by atoms with Crippen molar-refractivity contribution < 1.29 is 9.18 Å². The quantitative estimate of drug-likeness (QED) is 0.448. The summed E-state index contributed by atoms with van der Waals surface area (Å²) in [5.74, 6) is -0.118. The molecule has 2 aromatic heterocycles. The van der Waals surface area contributed by atoms with E-state index in [4.69, 9.17) is 0 Å². The molecule has 0 N–H and O–H groups in total. The zero-order valence-electron chi connectivity index (χ0n) is 16.5. The number of thioether (sulfide) groups is 1. The highest BCUT2D eigenvalue weighted by molar-refractivity contribution is 8.00. The number of halogens is 1. The maximum atomic E-state index is 14.0. The summed E-state index contributed by atoms with van der Waals surface area (Å²) in [5.41, 5.74) is 0.606. The summed E-state index contributed by atoms with van der Waals surface area (Å²) in [6.45, 7) is 6.50. The van der Waals surface area contributed by atoms with E-state index in [1.165, 1.54) is 22.7 Å². The van der Waals surface area contributed by atoms with Crippen molar-refractivity contribution in [3.8, 4) is 0 Å². The Morgan fingerprint density at radius 3 is 2.72 bits per heavy atom. The molecule has 8 heteroatoms. The van der Waals surface area contributed by atoms with Gasteiger partial charge in [0.2, 0.25) is 5.91 Å². The maximum Gasteiger partial charge on any atom is 0.235 e. The standard InChI is InChI=1S/C21H23FN4OS2/c1-3-15-12-16-19(23-13-24-20(16)29-15)28-14(2)21(27)26-10-8-25(9-11-26)18-7-5-4-6-17(18)22/h4-7,12-14H,3,8-11H2,1-2H3. The van der Waals surface area contributed by atoms with Crippen LogP contribution in [0.4, 0.5) is 10.1 Å². The van der Waals surface area contributed by atoms with E-state index >= 15 is 0 Å². The number of rotatable bonds is 5. The van der Waals surface area contributed by atoms with E-state index in [1.807, 2.05) is 22.8 Å². The second-order valence-electron chi connectivity index (χ2n) is 6.99. The van der Waals surface area contributed by atoms with Crippen LogP contribution in [-0.2, 0) is 11.2 Å². The van der Waals surface area contributed by atoms with Gasteiger partial charge >= 0.3 is 0 Å². The number of hydrogen-bond acceptors (Lipinski definition) is 6. The lowest BCUT2D eigenvalue weighted by molar-refractivity contribution is -0.130. The van der Waals surface area contributed by atoms with Crippen LogP contribution in [0.3, 0.4) is 0 Å². The fraction of sp³-hybridized carbons (Fsp3) is 0.381. The predicted molar refractivity (Wildman–Crippen MR) is 117 cm³/mol. The molecule has 0 aliphatic carbocycles. The molecule has 4 rings (SSSR count). The van der Waals surface area contributed by atoms with Gasteiger partial charge in [-0.05, 0) is 31.5 Å². The fourth-order valence-corrected chi connectivity index (χ4v) is 5.48. The summed E-state index contributed by atoms with van der Waals surface area (Å²) >= 11 is 3.17. The van der Waals surface area contributed by atoms with Crippen LogP contribution in [0.2, 0.25) is 0 Å². The van der Waals surface area contributed by atoms with Crippen molar-refractivity contribution in [1.82, 2.24) is 14.9 Å². The average molecular weight is 431 g/mol.